The van der Waals surface area contributed by atoms with Crippen LogP contribution in [0.2, 0.25) is 0 Å². The second-order valence-electron chi connectivity index (χ2n) is 4.38. The van der Waals surface area contributed by atoms with Crippen molar-refractivity contribution in [1.82, 2.24) is 0 Å². The Hall–Kier alpha value is 0.0800. The lowest BCUT2D eigenvalue weighted by Crippen LogP contribution is -2.44. The molecule has 1 rings (SSSR count). The van der Waals surface area contributed by atoms with Gasteiger partial charge in [-0.3, -0.25) is 9.05 Å². The zero-order valence-electron chi connectivity index (χ0n) is 9.12. The molecule has 1 aliphatic heterocycles. The lowest BCUT2D eigenvalue weighted by Gasteiger charge is -2.43. The van der Waals surface area contributed by atoms with Crippen LogP contribution in [-0.2, 0) is 13.6 Å². The van der Waals surface area contributed by atoms with Gasteiger partial charge in [-0.1, -0.05) is 27.2 Å². The minimum Gasteiger partial charge on any atom is -0.280 e. The average Bonchev–Trinajstić information content (AvgIpc) is 2.00. The molecule has 0 aromatic carbocycles. The highest BCUT2D eigenvalue weighted by molar-refractivity contribution is 7.48. The third-order valence-electron chi connectivity index (χ3n) is 2.97. The van der Waals surface area contributed by atoms with Crippen LogP contribution >= 0.6 is 7.91 Å². The first-order chi connectivity index (χ1) is 6.29. The van der Waals surface area contributed by atoms with Crippen LogP contribution in [0.4, 0.5) is 4.20 Å². The van der Waals surface area contributed by atoms with Crippen LogP contribution in [-0.4, -0.2) is 12.2 Å². The van der Waals surface area contributed by atoms with Crippen LogP contribution in [0.5, 0.6) is 0 Å². The highest BCUT2D eigenvalue weighted by Gasteiger charge is 2.48. The van der Waals surface area contributed by atoms with Gasteiger partial charge in [-0.25, -0.2) is 4.57 Å². The van der Waals surface area contributed by atoms with Gasteiger partial charge in [0.15, 0.2) is 0 Å². The van der Waals surface area contributed by atoms with Crippen molar-refractivity contribution >= 4 is 7.91 Å². The summed E-state index contributed by atoms with van der Waals surface area (Å²) in [6, 6.07) is 0. The largest absolute Gasteiger partial charge is 0.513 e. The second-order valence-corrected chi connectivity index (χ2v) is 5.67. The van der Waals surface area contributed by atoms with Gasteiger partial charge in [-0.15, -0.1) is 4.20 Å². The van der Waals surface area contributed by atoms with Crippen LogP contribution < -0.4 is 0 Å². The highest BCUT2D eigenvalue weighted by atomic mass is 31.2. The molecule has 1 heterocycles. The summed E-state index contributed by atoms with van der Waals surface area (Å²) in [6.45, 7) is 7.61. The zero-order valence-corrected chi connectivity index (χ0v) is 10.0. The molecular weight excluding hydrogens is 206 g/mol. The first-order valence-corrected chi connectivity index (χ1v) is 6.39. The van der Waals surface area contributed by atoms with Crippen molar-refractivity contribution in [3.8, 4) is 0 Å². The number of hydrogen-bond donors (Lipinski definition) is 0. The van der Waals surface area contributed by atoms with E-state index in [2.05, 4.69) is 0 Å². The number of hydrogen-bond acceptors (Lipinski definition) is 3. The Morgan fingerprint density at radius 2 is 2.00 bits per heavy atom. The van der Waals surface area contributed by atoms with E-state index in [1.807, 2.05) is 20.8 Å². The third-order valence-corrected chi connectivity index (χ3v) is 4.04. The number of rotatable bonds is 2. The van der Waals surface area contributed by atoms with E-state index >= 15 is 0 Å². The van der Waals surface area contributed by atoms with E-state index in [-0.39, 0.29) is 17.6 Å². The summed E-state index contributed by atoms with van der Waals surface area (Å²) < 4.78 is 33.9. The summed E-state index contributed by atoms with van der Waals surface area (Å²) in [5, 5.41) is 0. The van der Waals surface area contributed by atoms with E-state index in [0.717, 1.165) is 6.42 Å². The monoisotopic (exact) mass is 224 g/mol. The maximum absolute atomic E-state index is 13.1. The minimum absolute atomic E-state index is 0.296. The fourth-order valence-corrected chi connectivity index (χ4v) is 2.97. The normalized spacial score (nSPS) is 42.4. The van der Waals surface area contributed by atoms with E-state index in [1.165, 1.54) is 0 Å². The van der Waals surface area contributed by atoms with Gasteiger partial charge in [-0.05, 0) is 13.3 Å². The molecule has 0 N–H and O–H groups in total. The van der Waals surface area contributed by atoms with Crippen molar-refractivity contribution < 1.29 is 17.8 Å². The van der Waals surface area contributed by atoms with Crippen molar-refractivity contribution in [3.63, 3.8) is 0 Å². The fourth-order valence-electron chi connectivity index (χ4n) is 1.59. The SMILES string of the molecule is CCCC1OP(=O)(F)OC(C)C1(C)C. The quantitative estimate of drug-likeness (QED) is 0.671. The lowest BCUT2D eigenvalue weighted by molar-refractivity contribution is -0.0826. The Labute approximate surface area is 84.6 Å². The molecular formula is C9H18FO3P. The molecule has 0 amide bonds. The third kappa shape index (κ3) is 2.36. The maximum Gasteiger partial charge on any atom is 0.513 e. The molecule has 3 atom stereocenters. The average molecular weight is 224 g/mol. The Morgan fingerprint density at radius 3 is 2.50 bits per heavy atom. The van der Waals surface area contributed by atoms with Crippen LogP contribution in [0, 0.1) is 5.41 Å². The minimum atomic E-state index is -4.31. The van der Waals surface area contributed by atoms with Crippen LogP contribution in [0.3, 0.4) is 0 Å². The van der Waals surface area contributed by atoms with Gasteiger partial charge in [-0.2, -0.15) is 0 Å². The van der Waals surface area contributed by atoms with Gasteiger partial charge in [0, 0.05) is 5.41 Å². The Kier molecular flexibility index (Phi) is 3.40. The Morgan fingerprint density at radius 1 is 1.43 bits per heavy atom. The highest BCUT2D eigenvalue weighted by Crippen LogP contribution is 2.60. The molecule has 14 heavy (non-hydrogen) atoms. The molecule has 0 spiro atoms. The van der Waals surface area contributed by atoms with Crippen molar-refractivity contribution in [2.45, 2.75) is 52.7 Å². The first kappa shape index (κ1) is 12.2. The molecule has 0 saturated carbocycles. The fraction of sp³-hybridized carbons (Fsp3) is 1.00. The Balaban J connectivity index is 2.84. The molecule has 0 aliphatic carbocycles. The molecule has 1 saturated heterocycles. The second kappa shape index (κ2) is 3.92. The predicted molar refractivity (Wildman–Crippen MR) is 52.8 cm³/mol. The van der Waals surface area contributed by atoms with Crippen molar-refractivity contribution in [2.75, 3.05) is 0 Å². The topological polar surface area (TPSA) is 35.5 Å². The Bertz CT molecular complexity index is 254. The molecule has 3 unspecified atom stereocenters. The van der Waals surface area contributed by atoms with Crippen LogP contribution in [0.15, 0.2) is 0 Å². The molecule has 1 fully saturated rings. The first-order valence-electron chi connectivity index (χ1n) is 4.96. The standard InChI is InChI=1S/C9H18FO3P/c1-5-6-8-9(3,4)7(2)12-14(10,11)13-8/h7-8H,5-6H2,1-4H3. The van der Waals surface area contributed by atoms with Gasteiger partial charge < -0.3 is 0 Å². The molecule has 1 aliphatic rings. The molecule has 0 radical (unpaired) electrons. The summed E-state index contributed by atoms with van der Waals surface area (Å²) in [4.78, 5) is 0. The van der Waals surface area contributed by atoms with Crippen molar-refractivity contribution in [2.24, 2.45) is 5.41 Å². The van der Waals surface area contributed by atoms with Gasteiger partial charge in [0.05, 0.1) is 12.2 Å². The maximum atomic E-state index is 13.1. The molecule has 0 aromatic heterocycles. The van der Waals surface area contributed by atoms with Crippen molar-refractivity contribution in [1.29, 1.82) is 0 Å². The van der Waals surface area contributed by atoms with E-state index in [4.69, 9.17) is 9.05 Å². The summed E-state index contributed by atoms with van der Waals surface area (Å²) in [7, 11) is -4.31. The molecule has 84 valence electrons. The zero-order chi connectivity index (χ0) is 11.0. The lowest BCUT2D eigenvalue weighted by atomic mass is 9.80. The molecule has 5 heteroatoms. The molecule has 3 nitrogen and oxygen atoms in total. The summed E-state index contributed by atoms with van der Waals surface area (Å²) in [6.07, 6.45) is 0.866. The molecule has 0 aromatic rings. The summed E-state index contributed by atoms with van der Waals surface area (Å²) in [5.41, 5.74) is -0.296. The van der Waals surface area contributed by atoms with Gasteiger partial charge in [0.1, 0.15) is 0 Å². The number of halogens is 1. The van der Waals surface area contributed by atoms with Gasteiger partial charge in [0.25, 0.3) is 0 Å². The van der Waals surface area contributed by atoms with Crippen molar-refractivity contribution in [3.05, 3.63) is 0 Å². The van der Waals surface area contributed by atoms with Gasteiger partial charge >= 0.3 is 7.91 Å². The van der Waals surface area contributed by atoms with E-state index < -0.39 is 7.91 Å². The van der Waals surface area contributed by atoms with E-state index in [1.54, 1.807) is 6.92 Å². The van der Waals surface area contributed by atoms with E-state index in [9.17, 15) is 8.76 Å². The predicted octanol–water partition coefficient (Wildman–Crippen LogP) is 3.69. The summed E-state index contributed by atoms with van der Waals surface area (Å²) >= 11 is 0. The van der Waals surface area contributed by atoms with E-state index in [0.29, 0.717) is 6.42 Å². The summed E-state index contributed by atoms with van der Waals surface area (Å²) in [5.74, 6) is 0. The van der Waals surface area contributed by atoms with Crippen LogP contribution in [0.25, 0.3) is 0 Å². The van der Waals surface area contributed by atoms with Gasteiger partial charge in [0.2, 0.25) is 0 Å². The van der Waals surface area contributed by atoms with Crippen LogP contribution in [0.1, 0.15) is 40.5 Å². The molecule has 0 bridgehead atoms. The smallest absolute Gasteiger partial charge is 0.280 e.